The van der Waals surface area contributed by atoms with Gasteiger partial charge in [0.25, 0.3) is 0 Å². The van der Waals surface area contributed by atoms with E-state index in [1.54, 1.807) is 7.11 Å². The molecule has 2 aliphatic rings. The van der Waals surface area contributed by atoms with Crippen LogP contribution in [-0.2, 0) is 4.74 Å². The average molecular weight is 265 g/mol. The molecule has 1 unspecified atom stereocenters. The van der Waals surface area contributed by atoms with Crippen LogP contribution in [0.5, 0.6) is 0 Å². The largest absolute Gasteiger partial charge is 0.381 e. The highest BCUT2D eigenvalue weighted by Crippen LogP contribution is 2.39. The molecule has 0 spiro atoms. The van der Waals surface area contributed by atoms with E-state index in [9.17, 15) is 4.39 Å². The first-order valence-electron chi connectivity index (χ1n) is 6.88. The van der Waals surface area contributed by atoms with Gasteiger partial charge in [0, 0.05) is 37.8 Å². The summed E-state index contributed by atoms with van der Waals surface area (Å²) in [4.78, 5) is 11.1. The Bertz CT molecular complexity index is 478. The molecule has 2 heterocycles. The Morgan fingerprint density at radius 3 is 2.95 bits per heavy atom. The summed E-state index contributed by atoms with van der Waals surface area (Å²) in [5.41, 5.74) is -0.275. The van der Waals surface area contributed by atoms with Crippen LogP contribution in [0.2, 0.25) is 0 Å². The topological polar surface area (TPSA) is 38.2 Å². The number of ether oxygens (including phenoxy) is 1. The molecular weight excluding hydrogens is 245 g/mol. The van der Waals surface area contributed by atoms with Crippen molar-refractivity contribution in [2.75, 3.05) is 31.7 Å². The zero-order valence-corrected chi connectivity index (χ0v) is 11.5. The molecule has 0 aromatic carbocycles. The minimum Gasteiger partial charge on any atom is -0.381 e. The predicted molar refractivity (Wildman–Crippen MR) is 71.3 cm³/mol. The lowest BCUT2D eigenvalue weighted by atomic mass is 10.1. The monoisotopic (exact) mass is 265 g/mol. The van der Waals surface area contributed by atoms with E-state index in [4.69, 9.17) is 4.74 Å². The van der Waals surface area contributed by atoms with E-state index in [2.05, 4.69) is 9.97 Å². The third-order valence-corrected chi connectivity index (χ3v) is 3.83. The normalized spacial score (nSPS) is 27.0. The first-order chi connectivity index (χ1) is 9.09. The lowest BCUT2D eigenvalue weighted by Gasteiger charge is -2.21. The first kappa shape index (κ1) is 12.8. The SMILES string of the molecule is COCC1(F)CCN(c2cc(C)nc(C3CC3)n2)C1. The van der Waals surface area contributed by atoms with Gasteiger partial charge >= 0.3 is 0 Å². The molecule has 5 heteroatoms. The van der Waals surface area contributed by atoms with Crippen LogP contribution < -0.4 is 4.90 Å². The van der Waals surface area contributed by atoms with E-state index in [0.717, 1.165) is 17.3 Å². The van der Waals surface area contributed by atoms with Gasteiger partial charge in [0.1, 0.15) is 11.6 Å². The first-order valence-corrected chi connectivity index (χ1v) is 6.88. The standard InChI is InChI=1S/C14H20FN3O/c1-10-7-12(17-13(16-10)11-3-4-11)18-6-5-14(15,8-18)9-19-2/h7,11H,3-6,8-9H2,1-2H3. The maximum Gasteiger partial charge on any atom is 0.153 e. The Morgan fingerprint density at radius 2 is 2.26 bits per heavy atom. The Balaban J connectivity index is 1.79. The van der Waals surface area contributed by atoms with Gasteiger partial charge in [-0.1, -0.05) is 0 Å². The molecular formula is C14H20FN3O. The number of hydrogen-bond donors (Lipinski definition) is 0. The number of methoxy groups -OCH3 is 1. The van der Waals surface area contributed by atoms with Crippen LogP contribution in [0.4, 0.5) is 10.2 Å². The number of halogens is 1. The molecule has 1 aliphatic heterocycles. The molecule has 0 radical (unpaired) electrons. The maximum absolute atomic E-state index is 14.4. The molecule has 0 N–H and O–H groups in total. The van der Waals surface area contributed by atoms with Gasteiger partial charge in [-0.25, -0.2) is 14.4 Å². The molecule has 1 aromatic heterocycles. The zero-order chi connectivity index (χ0) is 13.5. The summed E-state index contributed by atoms with van der Waals surface area (Å²) in [7, 11) is 1.55. The van der Waals surface area contributed by atoms with E-state index in [-0.39, 0.29) is 6.61 Å². The minimum atomic E-state index is -1.24. The fraction of sp³-hybridized carbons (Fsp3) is 0.714. The van der Waals surface area contributed by atoms with Crippen LogP contribution in [0, 0.1) is 6.92 Å². The lowest BCUT2D eigenvalue weighted by Crippen LogP contribution is -2.33. The van der Waals surface area contributed by atoms with E-state index >= 15 is 0 Å². The summed E-state index contributed by atoms with van der Waals surface area (Å²) in [6.07, 6.45) is 2.86. The Hall–Kier alpha value is -1.23. The Labute approximate surface area is 113 Å². The van der Waals surface area contributed by atoms with Gasteiger partial charge in [0.15, 0.2) is 5.67 Å². The molecule has 0 amide bonds. The van der Waals surface area contributed by atoms with E-state index in [1.165, 1.54) is 12.8 Å². The number of aryl methyl sites for hydroxylation is 1. The van der Waals surface area contributed by atoms with E-state index < -0.39 is 5.67 Å². The third-order valence-electron chi connectivity index (χ3n) is 3.83. The van der Waals surface area contributed by atoms with Gasteiger partial charge in [0.05, 0.1) is 13.2 Å². The minimum absolute atomic E-state index is 0.156. The zero-order valence-electron chi connectivity index (χ0n) is 11.5. The van der Waals surface area contributed by atoms with Gasteiger partial charge in [-0.15, -0.1) is 0 Å². The Morgan fingerprint density at radius 1 is 1.47 bits per heavy atom. The van der Waals surface area contributed by atoms with Crippen molar-refractivity contribution in [2.24, 2.45) is 0 Å². The molecule has 1 aliphatic carbocycles. The fourth-order valence-electron chi connectivity index (χ4n) is 2.67. The van der Waals surface area contributed by atoms with Crippen molar-refractivity contribution in [3.63, 3.8) is 0 Å². The van der Waals surface area contributed by atoms with Crippen molar-refractivity contribution < 1.29 is 9.13 Å². The number of aromatic nitrogens is 2. The third kappa shape index (κ3) is 2.71. The molecule has 0 bridgehead atoms. The molecule has 1 saturated carbocycles. The fourth-order valence-corrected chi connectivity index (χ4v) is 2.67. The smallest absolute Gasteiger partial charge is 0.153 e. The molecule has 104 valence electrons. The van der Waals surface area contributed by atoms with Gasteiger partial charge in [-0.3, -0.25) is 0 Å². The van der Waals surface area contributed by atoms with Crippen LogP contribution in [0.1, 0.15) is 36.7 Å². The summed E-state index contributed by atoms with van der Waals surface area (Å²) in [5.74, 6) is 2.32. The maximum atomic E-state index is 14.4. The van der Waals surface area contributed by atoms with E-state index in [1.807, 2.05) is 17.9 Å². The molecule has 4 nitrogen and oxygen atoms in total. The lowest BCUT2D eigenvalue weighted by molar-refractivity contribution is 0.0570. The summed E-state index contributed by atoms with van der Waals surface area (Å²) in [5, 5.41) is 0. The molecule has 1 aromatic rings. The summed E-state index contributed by atoms with van der Waals surface area (Å²) >= 11 is 0. The van der Waals surface area contributed by atoms with Crippen LogP contribution in [0.15, 0.2) is 6.07 Å². The second kappa shape index (κ2) is 4.71. The molecule has 2 fully saturated rings. The number of nitrogens with zero attached hydrogens (tertiary/aromatic N) is 3. The number of anilines is 1. The van der Waals surface area contributed by atoms with Crippen LogP contribution >= 0.6 is 0 Å². The van der Waals surface area contributed by atoms with Crippen LogP contribution in [0.3, 0.4) is 0 Å². The molecule has 3 rings (SSSR count). The van der Waals surface area contributed by atoms with Gasteiger partial charge in [-0.2, -0.15) is 0 Å². The second-order valence-corrected chi connectivity index (χ2v) is 5.76. The summed E-state index contributed by atoms with van der Waals surface area (Å²) in [6, 6.07) is 1.95. The van der Waals surface area contributed by atoms with Gasteiger partial charge < -0.3 is 9.64 Å². The highest BCUT2D eigenvalue weighted by molar-refractivity contribution is 5.42. The summed E-state index contributed by atoms with van der Waals surface area (Å²) < 4.78 is 19.4. The Kier molecular flexibility index (Phi) is 3.17. The molecule has 1 atom stereocenters. The van der Waals surface area contributed by atoms with Gasteiger partial charge in [0.2, 0.25) is 0 Å². The highest BCUT2D eigenvalue weighted by Gasteiger charge is 2.39. The van der Waals surface area contributed by atoms with Crippen LogP contribution in [0.25, 0.3) is 0 Å². The number of rotatable bonds is 4. The predicted octanol–water partition coefficient (Wildman–Crippen LogP) is 2.23. The van der Waals surface area contributed by atoms with Crippen molar-refractivity contribution in [1.82, 2.24) is 9.97 Å². The summed E-state index contributed by atoms with van der Waals surface area (Å²) in [6.45, 7) is 3.19. The van der Waals surface area contributed by atoms with Crippen molar-refractivity contribution in [1.29, 1.82) is 0 Å². The number of hydrogen-bond acceptors (Lipinski definition) is 4. The van der Waals surface area contributed by atoms with E-state index in [0.29, 0.717) is 25.4 Å². The van der Waals surface area contributed by atoms with Crippen molar-refractivity contribution in [3.8, 4) is 0 Å². The highest BCUT2D eigenvalue weighted by atomic mass is 19.1. The average Bonchev–Trinajstić information content (AvgIpc) is 3.13. The molecule has 19 heavy (non-hydrogen) atoms. The number of alkyl halides is 1. The van der Waals surface area contributed by atoms with Crippen LogP contribution in [-0.4, -0.2) is 42.4 Å². The van der Waals surface area contributed by atoms with Crippen molar-refractivity contribution >= 4 is 5.82 Å². The molecule has 1 saturated heterocycles. The van der Waals surface area contributed by atoms with Crippen molar-refractivity contribution in [2.45, 2.75) is 37.8 Å². The second-order valence-electron chi connectivity index (χ2n) is 5.76. The van der Waals surface area contributed by atoms with Gasteiger partial charge in [-0.05, 0) is 19.8 Å². The van der Waals surface area contributed by atoms with Crippen molar-refractivity contribution in [3.05, 3.63) is 17.6 Å². The quantitative estimate of drug-likeness (QED) is 0.836.